The van der Waals surface area contributed by atoms with E-state index in [0.717, 1.165) is 72.0 Å². The maximum atomic E-state index is 13.1. The lowest BCUT2D eigenvalue weighted by Crippen LogP contribution is -2.26. The molecule has 1 N–H and O–H groups in total. The van der Waals surface area contributed by atoms with Gasteiger partial charge in [0.1, 0.15) is 5.75 Å². The number of thioether (sulfide) groups is 1. The van der Waals surface area contributed by atoms with Crippen LogP contribution < -0.4 is 15.6 Å². The van der Waals surface area contributed by atoms with Crippen molar-refractivity contribution < 1.29 is 9.53 Å². The van der Waals surface area contributed by atoms with E-state index in [9.17, 15) is 9.59 Å². The standard InChI is InChI=1S/C39H57N3O3S/c1-10-38(5,6)31-20-21-34(33(27-31)39(7,8)11-2)45-23-14-13-22-40-35(43)19-12-15-24-46-37-41-29(4)32(36(44)42(37)9)26-30-18-16-17-28(3)25-30/h16-18,20-21,25,27H,10-15,19,22-24,26H2,1-9H3,(H,40,43). The van der Waals surface area contributed by atoms with Crippen LogP contribution in [0.25, 0.3) is 0 Å². The molecule has 0 radical (unpaired) electrons. The summed E-state index contributed by atoms with van der Waals surface area (Å²) in [6.07, 6.45) is 6.69. The Hall–Kier alpha value is -3.06. The summed E-state index contributed by atoms with van der Waals surface area (Å²) in [5, 5.41) is 3.79. The molecule has 2 aromatic carbocycles. The van der Waals surface area contributed by atoms with Gasteiger partial charge < -0.3 is 10.1 Å². The van der Waals surface area contributed by atoms with Gasteiger partial charge in [-0.15, -0.1) is 0 Å². The molecule has 0 spiro atoms. The Kier molecular flexibility index (Phi) is 14.0. The largest absolute Gasteiger partial charge is 0.493 e. The van der Waals surface area contributed by atoms with E-state index in [1.165, 1.54) is 16.7 Å². The lowest BCUT2D eigenvalue weighted by atomic mass is 9.76. The van der Waals surface area contributed by atoms with Crippen LogP contribution in [-0.2, 0) is 29.1 Å². The number of rotatable bonds is 18. The number of aromatic nitrogens is 2. The fraction of sp³-hybridized carbons (Fsp3) is 0.564. The van der Waals surface area contributed by atoms with Crippen molar-refractivity contribution in [3.8, 4) is 5.75 Å². The van der Waals surface area contributed by atoms with Crippen LogP contribution in [0.15, 0.2) is 52.4 Å². The number of nitrogens with zero attached hydrogens (tertiary/aromatic N) is 2. The highest BCUT2D eigenvalue weighted by Crippen LogP contribution is 2.38. The number of ether oxygens (including phenoxy) is 1. The molecule has 0 saturated carbocycles. The molecule has 0 saturated heterocycles. The summed E-state index contributed by atoms with van der Waals surface area (Å²) >= 11 is 1.58. The summed E-state index contributed by atoms with van der Waals surface area (Å²) < 4.78 is 7.94. The van der Waals surface area contributed by atoms with Crippen LogP contribution in [0.4, 0.5) is 0 Å². The normalized spacial score (nSPS) is 11.9. The lowest BCUT2D eigenvalue weighted by Gasteiger charge is -2.30. The minimum absolute atomic E-state index is 0.0143. The highest BCUT2D eigenvalue weighted by molar-refractivity contribution is 7.99. The molecular formula is C39H57N3O3S. The molecule has 0 atom stereocenters. The van der Waals surface area contributed by atoms with Gasteiger partial charge in [-0.3, -0.25) is 14.2 Å². The van der Waals surface area contributed by atoms with Crippen molar-refractivity contribution in [2.45, 2.75) is 123 Å². The zero-order chi connectivity index (χ0) is 33.9. The zero-order valence-corrected chi connectivity index (χ0v) is 30.7. The summed E-state index contributed by atoms with van der Waals surface area (Å²) in [7, 11) is 1.80. The minimum atomic E-state index is 0.0143. The molecule has 1 amide bonds. The van der Waals surface area contributed by atoms with Crippen molar-refractivity contribution in [3.63, 3.8) is 0 Å². The van der Waals surface area contributed by atoms with Crippen molar-refractivity contribution in [1.29, 1.82) is 0 Å². The van der Waals surface area contributed by atoms with Gasteiger partial charge in [0, 0.05) is 49.0 Å². The molecule has 0 aliphatic carbocycles. The van der Waals surface area contributed by atoms with E-state index in [-0.39, 0.29) is 22.3 Å². The second-order valence-corrected chi connectivity index (χ2v) is 14.9. The van der Waals surface area contributed by atoms with Crippen molar-refractivity contribution >= 4 is 17.7 Å². The quantitative estimate of drug-likeness (QED) is 0.0851. The van der Waals surface area contributed by atoms with Gasteiger partial charge in [0.2, 0.25) is 5.91 Å². The summed E-state index contributed by atoms with van der Waals surface area (Å²) in [5.41, 5.74) is 6.68. The van der Waals surface area contributed by atoms with Gasteiger partial charge in [-0.05, 0) is 80.4 Å². The molecule has 46 heavy (non-hydrogen) atoms. The summed E-state index contributed by atoms with van der Waals surface area (Å²) in [5.74, 6) is 1.89. The predicted molar refractivity (Wildman–Crippen MR) is 194 cm³/mol. The molecule has 3 aromatic rings. The highest BCUT2D eigenvalue weighted by atomic mass is 32.2. The Labute approximate surface area is 282 Å². The molecule has 0 aliphatic heterocycles. The van der Waals surface area contributed by atoms with Gasteiger partial charge in [-0.1, -0.05) is 95.3 Å². The Morgan fingerprint density at radius 1 is 0.957 bits per heavy atom. The van der Waals surface area contributed by atoms with Gasteiger partial charge in [0.25, 0.3) is 5.56 Å². The van der Waals surface area contributed by atoms with E-state index >= 15 is 0 Å². The van der Waals surface area contributed by atoms with E-state index in [1.54, 1.807) is 23.4 Å². The van der Waals surface area contributed by atoms with Crippen LogP contribution in [0, 0.1) is 13.8 Å². The topological polar surface area (TPSA) is 73.2 Å². The first-order valence-electron chi connectivity index (χ1n) is 17.1. The second kappa shape index (κ2) is 17.2. The number of amides is 1. The fourth-order valence-corrected chi connectivity index (χ4v) is 6.37. The maximum Gasteiger partial charge on any atom is 0.257 e. The average Bonchev–Trinajstić information content (AvgIpc) is 3.03. The number of unbranched alkanes of at least 4 members (excludes halogenated alkanes) is 2. The number of hydrogen-bond acceptors (Lipinski definition) is 5. The molecule has 0 aliphatic rings. The lowest BCUT2D eigenvalue weighted by molar-refractivity contribution is -0.121. The number of carbonyl (C=O) groups excluding carboxylic acids is 1. The van der Waals surface area contributed by atoms with Crippen molar-refractivity contribution in [3.05, 3.63) is 86.3 Å². The van der Waals surface area contributed by atoms with E-state index in [0.29, 0.717) is 26.0 Å². The van der Waals surface area contributed by atoms with Crippen LogP contribution in [0.2, 0.25) is 0 Å². The van der Waals surface area contributed by atoms with Crippen molar-refractivity contribution in [2.75, 3.05) is 18.9 Å². The SMILES string of the molecule is CCC(C)(C)c1ccc(OCCCCNC(=O)CCCCSc2nc(C)c(Cc3cccc(C)c3)c(=O)n2C)c(C(C)(C)CC)c1. The molecule has 6 nitrogen and oxygen atoms in total. The van der Waals surface area contributed by atoms with Crippen molar-refractivity contribution in [1.82, 2.24) is 14.9 Å². The average molecular weight is 648 g/mol. The summed E-state index contributed by atoms with van der Waals surface area (Å²) in [4.78, 5) is 30.2. The van der Waals surface area contributed by atoms with Gasteiger partial charge in [-0.25, -0.2) is 4.98 Å². The first-order valence-corrected chi connectivity index (χ1v) is 18.1. The molecule has 1 heterocycles. The van der Waals surface area contributed by atoms with Gasteiger partial charge in [0.15, 0.2) is 5.16 Å². The number of hydrogen-bond donors (Lipinski definition) is 1. The Balaban J connectivity index is 1.36. The molecule has 3 rings (SSSR count). The van der Waals surface area contributed by atoms with E-state index in [4.69, 9.17) is 9.72 Å². The maximum absolute atomic E-state index is 13.1. The zero-order valence-electron chi connectivity index (χ0n) is 29.8. The van der Waals surface area contributed by atoms with Crippen LogP contribution >= 0.6 is 11.8 Å². The van der Waals surface area contributed by atoms with Crippen LogP contribution in [0.3, 0.4) is 0 Å². The summed E-state index contributed by atoms with van der Waals surface area (Å²) in [6.45, 7) is 18.9. The molecule has 252 valence electrons. The molecule has 7 heteroatoms. The first kappa shape index (κ1) is 37.4. The summed E-state index contributed by atoms with van der Waals surface area (Å²) in [6, 6.07) is 15.0. The molecule has 0 bridgehead atoms. The highest BCUT2D eigenvalue weighted by Gasteiger charge is 2.26. The minimum Gasteiger partial charge on any atom is -0.493 e. The van der Waals surface area contributed by atoms with E-state index in [2.05, 4.69) is 90.2 Å². The fourth-order valence-electron chi connectivity index (χ4n) is 5.37. The first-order chi connectivity index (χ1) is 21.8. The molecule has 0 unspecified atom stereocenters. The molecule has 0 fully saturated rings. The third-order valence-corrected chi connectivity index (χ3v) is 10.6. The monoisotopic (exact) mass is 647 g/mol. The van der Waals surface area contributed by atoms with E-state index < -0.39 is 0 Å². The third kappa shape index (κ3) is 10.5. The smallest absolute Gasteiger partial charge is 0.257 e. The van der Waals surface area contributed by atoms with Crippen LogP contribution in [0.5, 0.6) is 5.75 Å². The molecular weight excluding hydrogens is 591 g/mol. The number of benzene rings is 2. The number of aryl methyl sites for hydroxylation is 2. The van der Waals surface area contributed by atoms with E-state index in [1.807, 2.05) is 13.0 Å². The van der Waals surface area contributed by atoms with Crippen LogP contribution in [0.1, 0.15) is 120 Å². The Morgan fingerprint density at radius 3 is 2.39 bits per heavy atom. The van der Waals surface area contributed by atoms with Gasteiger partial charge in [-0.2, -0.15) is 0 Å². The van der Waals surface area contributed by atoms with Gasteiger partial charge >= 0.3 is 0 Å². The predicted octanol–water partition coefficient (Wildman–Crippen LogP) is 8.60. The Morgan fingerprint density at radius 2 is 1.70 bits per heavy atom. The third-order valence-electron chi connectivity index (χ3n) is 9.45. The Bertz CT molecular complexity index is 1510. The van der Waals surface area contributed by atoms with Crippen molar-refractivity contribution in [2.24, 2.45) is 7.05 Å². The number of carbonyl (C=O) groups is 1. The number of nitrogens with one attached hydrogen (secondary N) is 1. The second-order valence-electron chi connectivity index (χ2n) is 13.9. The molecule has 1 aromatic heterocycles. The van der Waals surface area contributed by atoms with Crippen LogP contribution in [-0.4, -0.2) is 34.4 Å². The van der Waals surface area contributed by atoms with Gasteiger partial charge in [0.05, 0.1) is 6.61 Å².